The van der Waals surface area contributed by atoms with Crippen LogP contribution < -0.4 is 4.90 Å². The molecule has 0 radical (unpaired) electrons. The van der Waals surface area contributed by atoms with Crippen LogP contribution in [0.25, 0.3) is 0 Å². The Bertz CT molecular complexity index is 1150. The molecule has 0 saturated heterocycles. The number of hydrogen-bond acceptors (Lipinski definition) is 4. The topological polar surface area (TPSA) is 70.5 Å². The fourth-order valence-electron chi connectivity index (χ4n) is 3.97. The highest BCUT2D eigenvalue weighted by molar-refractivity contribution is 6.16. The van der Waals surface area contributed by atoms with Crippen LogP contribution in [0.15, 0.2) is 84.3 Å². The van der Waals surface area contributed by atoms with Crippen LogP contribution >= 0.6 is 0 Å². The molecule has 5 nitrogen and oxygen atoms in total. The van der Waals surface area contributed by atoms with E-state index in [-0.39, 0.29) is 17.8 Å². The van der Waals surface area contributed by atoms with E-state index in [9.17, 15) is 14.7 Å². The fraction of sp³-hybridized carbons (Fsp3) is 0.192. The standard InChI is InChI=1S/C26H24N2O3/c1-17-11-12-18(2)21(16-17)28-24(20-10-6-7-15-27-20)23(25(30)26(28)31)22(29)14-13-19-8-4-3-5-9-19/h3-12,15-16,24,30H,13-14H2,1-2H3. The minimum Gasteiger partial charge on any atom is -0.503 e. The number of aliphatic hydroxyl groups excluding tert-OH is 1. The van der Waals surface area contributed by atoms with Gasteiger partial charge in [-0.05, 0) is 55.2 Å². The molecule has 1 atom stereocenters. The largest absolute Gasteiger partial charge is 0.503 e. The van der Waals surface area contributed by atoms with E-state index in [1.165, 1.54) is 4.90 Å². The van der Waals surface area contributed by atoms with Gasteiger partial charge in [-0.2, -0.15) is 0 Å². The minimum absolute atomic E-state index is 0.112. The highest BCUT2D eigenvalue weighted by atomic mass is 16.3. The lowest BCUT2D eigenvalue weighted by Crippen LogP contribution is -2.32. The number of hydrogen-bond donors (Lipinski definition) is 1. The van der Waals surface area contributed by atoms with Crippen LogP contribution in [-0.4, -0.2) is 21.8 Å². The molecule has 1 aliphatic rings. The molecule has 1 N–H and O–H groups in total. The van der Waals surface area contributed by atoms with E-state index < -0.39 is 17.7 Å². The van der Waals surface area contributed by atoms with Gasteiger partial charge in [0, 0.05) is 18.3 Å². The number of Topliss-reactive ketones (excluding diaryl/α,β-unsaturated/α-hetero) is 1. The van der Waals surface area contributed by atoms with Gasteiger partial charge in [0.2, 0.25) is 0 Å². The molecule has 4 rings (SSSR count). The first kappa shape index (κ1) is 20.5. The van der Waals surface area contributed by atoms with Gasteiger partial charge in [0.15, 0.2) is 11.5 Å². The second-order valence-electron chi connectivity index (χ2n) is 7.79. The van der Waals surface area contributed by atoms with Gasteiger partial charge in [-0.3, -0.25) is 19.5 Å². The molecule has 0 spiro atoms. The summed E-state index contributed by atoms with van der Waals surface area (Å²) in [6.07, 6.45) is 2.35. The molecule has 3 aromatic rings. The van der Waals surface area contributed by atoms with E-state index in [4.69, 9.17) is 0 Å². The molecular formula is C26H24N2O3. The van der Waals surface area contributed by atoms with Crippen molar-refractivity contribution in [2.24, 2.45) is 0 Å². The smallest absolute Gasteiger partial charge is 0.294 e. The second kappa shape index (κ2) is 8.56. The van der Waals surface area contributed by atoms with Crippen molar-refractivity contribution in [3.05, 3.63) is 107 Å². The molecular weight excluding hydrogens is 388 g/mol. The number of aliphatic hydroxyl groups is 1. The van der Waals surface area contributed by atoms with Crippen LogP contribution in [0.4, 0.5) is 5.69 Å². The third-order valence-electron chi connectivity index (χ3n) is 5.58. The fourth-order valence-corrected chi connectivity index (χ4v) is 3.97. The third-order valence-corrected chi connectivity index (χ3v) is 5.58. The Morgan fingerprint density at radius 3 is 2.48 bits per heavy atom. The Labute approximate surface area is 181 Å². The normalized spacial score (nSPS) is 16.1. The number of rotatable bonds is 6. The van der Waals surface area contributed by atoms with Gasteiger partial charge < -0.3 is 5.11 Å². The summed E-state index contributed by atoms with van der Waals surface area (Å²) in [7, 11) is 0. The van der Waals surface area contributed by atoms with Crippen LogP contribution in [0.5, 0.6) is 0 Å². The number of amides is 1. The van der Waals surface area contributed by atoms with Gasteiger partial charge in [-0.25, -0.2) is 0 Å². The number of aromatic nitrogens is 1. The third kappa shape index (κ3) is 3.99. The quantitative estimate of drug-likeness (QED) is 0.631. The summed E-state index contributed by atoms with van der Waals surface area (Å²) < 4.78 is 0. The van der Waals surface area contributed by atoms with Crippen molar-refractivity contribution < 1.29 is 14.7 Å². The van der Waals surface area contributed by atoms with Gasteiger partial charge >= 0.3 is 0 Å². The first-order valence-electron chi connectivity index (χ1n) is 10.3. The summed E-state index contributed by atoms with van der Waals surface area (Å²) in [6, 6.07) is 20.1. The average molecular weight is 412 g/mol. The molecule has 1 aromatic heterocycles. The van der Waals surface area contributed by atoms with Gasteiger partial charge in [-0.1, -0.05) is 48.5 Å². The van der Waals surface area contributed by atoms with Crippen molar-refractivity contribution in [3.8, 4) is 0 Å². The molecule has 0 aliphatic carbocycles. The number of carbonyl (C=O) groups excluding carboxylic acids is 2. The second-order valence-corrected chi connectivity index (χ2v) is 7.79. The first-order chi connectivity index (χ1) is 15.0. The van der Waals surface area contributed by atoms with Crippen molar-refractivity contribution >= 4 is 17.4 Å². The highest BCUT2D eigenvalue weighted by Crippen LogP contribution is 2.42. The molecule has 31 heavy (non-hydrogen) atoms. The van der Waals surface area contributed by atoms with E-state index in [1.54, 1.807) is 18.3 Å². The van der Waals surface area contributed by atoms with Crippen molar-refractivity contribution in [2.45, 2.75) is 32.7 Å². The molecule has 1 amide bonds. The molecule has 5 heteroatoms. The van der Waals surface area contributed by atoms with E-state index in [0.717, 1.165) is 16.7 Å². The Morgan fingerprint density at radius 1 is 1.03 bits per heavy atom. The highest BCUT2D eigenvalue weighted by Gasteiger charge is 2.45. The van der Waals surface area contributed by atoms with Crippen molar-refractivity contribution in [3.63, 3.8) is 0 Å². The van der Waals surface area contributed by atoms with Gasteiger partial charge in [0.05, 0.1) is 11.3 Å². The molecule has 1 unspecified atom stereocenters. The molecule has 1 aliphatic heterocycles. The summed E-state index contributed by atoms with van der Waals surface area (Å²) in [4.78, 5) is 32.4. The molecule has 2 heterocycles. The zero-order valence-electron chi connectivity index (χ0n) is 17.6. The Hall–Kier alpha value is -3.73. The molecule has 0 saturated carbocycles. The number of ketones is 1. The number of anilines is 1. The van der Waals surface area contributed by atoms with Gasteiger partial charge in [-0.15, -0.1) is 0 Å². The van der Waals surface area contributed by atoms with Gasteiger partial charge in [0.1, 0.15) is 6.04 Å². The van der Waals surface area contributed by atoms with Crippen LogP contribution in [0.1, 0.15) is 34.8 Å². The Morgan fingerprint density at radius 2 is 1.77 bits per heavy atom. The molecule has 0 bridgehead atoms. The summed E-state index contributed by atoms with van der Waals surface area (Å²) in [6.45, 7) is 3.85. The predicted octanol–water partition coefficient (Wildman–Crippen LogP) is 4.80. The first-order valence-corrected chi connectivity index (χ1v) is 10.3. The maximum Gasteiger partial charge on any atom is 0.294 e. The minimum atomic E-state index is -0.766. The predicted molar refractivity (Wildman–Crippen MR) is 120 cm³/mol. The number of aryl methyl sites for hydroxylation is 3. The van der Waals surface area contributed by atoms with Crippen LogP contribution in [0.3, 0.4) is 0 Å². The summed E-state index contributed by atoms with van der Waals surface area (Å²) in [5.74, 6) is -1.32. The Balaban J connectivity index is 1.75. The van der Waals surface area contributed by atoms with E-state index in [2.05, 4.69) is 4.98 Å². The van der Waals surface area contributed by atoms with Crippen molar-refractivity contribution in [1.82, 2.24) is 4.98 Å². The monoisotopic (exact) mass is 412 g/mol. The lowest BCUT2D eigenvalue weighted by molar-refractivity contribution is -0.118. The number of carbonyl (C=O) groups is 2. The molecule has 2 aromatic carbocycles. The van der Waals surface area contributed by atoms with Gasteiger partial charge in [0.25, 0.3) is 5.91 Å². The SMILES string of the molecule is Cc1ccc(C)c(N2C(=O)C(O)=C(C(=O)CCc3ccccc3)C2c2ccccn2)c1. The lowest BCUT2D eigenvalue weighted by atomic mass is 9.95. The lowest BCUT2D eigenvalue weighted by Gasteiger charge is -2.27. The van der Waals surface area contributed by atoms with Crippen molar-refractivity contribution in [2.75, 3.05) is 4.90 Å². The van der Waals surface area contributed by atoms with Crippen LogP contribution in [0, 0.1) is 13.8 Å². The summed E-state index contributed by atoms with van der Waals surface area (Å²) >= 11 is 0. The van der Waals surface area contributed by atoms with Crippen LogP contribution in [0.2, 0.25) is 0 Å². The zero-order valence-corrected chi connectivity index (χ0v) is 17.6. The summed E-state index contributed by atoms with van der Waals surface area (Å²) in [5.41, 5.74) is 4.21. The number of nitrogens with zero attached hydrogens (tertiary/aromatic N) is 2. The van der Waals surface area contributed by atoms with Crippen molar-refractivity contribution in [1.29, 1.82) is 0 Å². The van der Waals surface area contributed by atoms with E-state index >= 15 is 0 Å². The number of benzene rings is 2. The van der Waals surface area contributed by atoms with E-state index in [1.807, 2.05) is 68.4 Å². The molecule has 0 fully saturated rings. The zero-order chi connectivity index (χ0) is 22.0. The maximum absolute atomic E-state index is 13.3. The average Bonchev–Trinajstić information content (AvgIpc) is 3.06. The maximum atomic E-state index is 13.3. The summed E-state index contributed by atoms with van der Waals surface area (Å²) in [5, 5.41) is 10.8. The van der Waals surface area contributed by atoms with E-state index in [0.29, 0.717) is 17.8 Å². The number of pyridine rings is 1. The molecule has 156 valence electrons. The van der Waals surface area contributed by atoms with Crippen LogP contribution in [-0.2, 0) is 16.0 Å². The Kier molecular flexibility index (Phi) is 5.67.